The molecule has 4 nitrogen and oxygen atoms in total. The van der Waals surface area contributed by atoms with Gasteiger partial charge in [0.05, 0.1) is 25.2 Å². The van der Waals surface area contributed by atoms with Crippen LogP contribution in [0, 0.1) is 22.7 Å². The Bertz CT molecular complexity index is 179. The third kappa shape index (κ3) is 1.91. The summed E-state index contributed by atoms with van der Waals surface area (Å²) in [5, 5.41) is 19.9. The van der Waals surface area contributed by atoms with E-state index in [9.17, 15) is 0 Å². The van der Waals surface area contributed by atoms with Gasteiger partial charge in [-0.2, -0.15) is 10.5 Å². The quantitative estimate of drug-likeness (QED) is 0.541. The van der Waals surface area contributed by atoms with Crippen LogP contribution in [0.5, 0.6) is 0 Å². The van der Waals surface area contributed by atoms with Crippen LogP contribution in [-0.2, 0) is 0 Å². The summed E-state index contributed by atoms with van der Waals surface area (Å²) in [6.07, 6.45) is 0. The zero-order chi connectivity index (χ0) is 8.10. The van der Waals surface area contributed by atoms with Crippen LogP contribution in [0.4, 0.5) is 0 Å². The molecule has 4 heteroatoms. The third-order valence-corrected chi connectivity index (χ3v) is 1.82. The highest BCUT2D eigenvalue weighted by atomic mass is 15.2. The Morgan fingerprint density at radius 3 is 2.09 bits per heavy atom. The van der Waals surface area contributed by atoms with Crippen molar-refractivity contribution in [2.45, 2.75) is 6.04 Å². The Morgan fingerprint density at radius 2 is 1.82 bits per heavy atom. The molecule has 0 amide bonds. The Hall–Kier alpha value is -1.10. The van der Waals surface area contributed by atoms with Crippen LogP contribution in [0.2, 0.25) is 0 Å². The summed E-state index contributed by atoms with van der Waals surface area (Å²) in [7, 11) is 0. The van der Waals surface area contributed by atoms with E-state index >= 15 is 0 Å². The van der Waals surface area contributed by atoms with Gasteiger partial charge in [0.25, 0.3) is 0 Å². The van der Waals surface area contributed by atoms with Crippen molar-refractivity contribution in [1.29, 1.82) is 10.5 Å². The van der Waals surface area contributed by atoms with Crippen molar-refractivity contribution in [2.24, 2.45) is 0 Å². The molecule has 0 unspecified atom stereocenters. The SMILES string of the molecule is N#CCN(CC#N)C1CNC1. The van der Waals surface area contributed by atoms with E-state index in [1.165, 1.54) is 0 Å². The van der Waals surface area contributed by atoms with Crippen molar-refractivity contribution in [3.63, 3.8) is 0 Å². The maximum Gasteiger partial charge on any atom is 0.0877 e. The highest BCUT2D eigenvalue weighted by molar-refractivity contribution is 4.93. The van der Waals surface area contributed by atoms with Gasteiger partial charge in [-0.1, -0.05) is 0 Å². The molecule has 1 heterocycles. The van der Waals surface area contributed by atoms with Gasteiger partial charge in [0.1, 0.15) is 0 Å². The molecular weight excluding hydrogens is 140 g/mol. The Balaban J connectivity index is 2.33. The third-order valence-electron chi connectivity index (χ3n) is 1.82. The van der Waals surface area contributed by atoms with Crippen molar-refractivity contribution in [1.82, 2.24) is 10.2 Å². The molecule has 0 radical (unpaired) electrons. The Kier molecular flexibility index (Phi) is 2.85. The van der Waals surface area contributed by atoms with Crippen LogP contribution in [0.15, 0.2) is 0 Å². The molecule has 1 saturated heterocycles. The first-order chi connectivity index (χ1) is 5.38. The maximum absolute atomic E-state index is 8.41. The molecule has 0 spiro atoms. The van der Waals surface area contributed by atoms with Crippen LogP contribution < -0.4 is 5.32 Å². The number of nitrogens with one attached hydrogen (secondary N) is 1. The van der Waals surface area contributed by atoms with E-state index < -0.39 is 0 Å². The zero-order valence-corrected chi connectivity index (χ0v) is 6.25. The van der Waals surface area contributed by atoms with E-state index in [4.69, 9.17) is 10.5 Å². The molecule has 0 aromatic carbocycles. The molecule has 1 N–H and O–H groups in total. The summed E-state index contributed by atoms with van der Waals surface area (Å²) in [4.78, 5) is 1.89. The van der Waals surface area contributed by atoms with Crippen molar-refractivity contribution in [2.75, 3.05) is 26.2 Å². The first-order valence-electron chi connectivity index (χ1n) is 3.57. The first kappa shape index (κ1) is 8.00. The van der Waals surface area contributed by atoms with Gasteiger partial charge < -0.3 is 5.32 Å². The molecular formula is C7H10N4. The first-order valence-corrected chi connectivity index (χ1v) is 3.57. The van der Waals surface area contributed by atoms with E-state index in [0.29, 0.717) is 19.1 Å². The Morgan fingerprint density at radius 1 is 1.27 bits per heavy atom. The average Bonchev–Trinajstić information content (AvgIpc) is 1.85. The van der Waals surface area contributed by atoms with Crippen molar-refractivity contribution in [3.8, 4) is 12.1 Å². The molecule has 0 atom stereocenters. The van der Waals surface area contributed by atoms with Gasteiger partial charge in [0.2, 0.25) is 0 Å². The van der Waals surface area contributed by atoms with Gasteiger partial charge in [-0.3, -0.25) is 4.90 Å². The summed E-state index contributed by atoms with van der Waals surface area (Å²) in [6, 6.07) is 4.50. The molecule has 0 saturated carbocycles. The van der Waals surface area contributed by atoms with Gasteiger partial charge in [-0.15, -0.1) is 0 Å². The lowest BCUT2D eigenvalue weighted by atomic mass is 10.1. The van der Waals surface area contributed by atoms with Gasteiger partial charge in [0, 0.05) is 19.1 Å². The van der Waals surface area contributed by atoms with E-state index in [2.05, 4.69) is 5.32 Å². The second-order valence-corrected chi connectivity index (χ2v) is 2.53. The summed E-state index contributed by atoms with van der Waals surface area (Å²) in [5.74, 6) is 0. The fourth-order valence-electron chi connectivity index (χ4n) is 1.03. The highest BCUT2D eigenvalue weighted by Crippen LogP contribution is 2.02. The molecule has 0 aliphatic carbocycles. The average molecular weight is 150 g/mol. The normalized spacial score (nSPS) is 17.0. The lowest BCUT2D eigenvalue weighted by Gasteiger charge is -2.35. The number of nitrogens with zero attached hydrogens (tertiary/aromatic N) is 3. The summed E-state index contributed by atoms with van der Waals surface area (Å²) in [5.41, 5.74) is 0. The predicted octanol–water partition coefficient (Wildman–Crippen LogP) is -0.693. The minimum Gasteiger partial charge on any atom is -0.314 e. The second kappa shape index (κ2) is 3.92. The largest absolute Gasteiger partial charge is 0.314 e. The fourth-order valence-corrected chi connectivity index (χ4v) is 1.03. The summed E-state index contributed by atoms with van der Waals surface area (Å²) >= 11 is 0. The van der Waals surface area contributed by atoms with Gasteiger partial charge in [-0.05, 0) is 0 Å². The van der Waals surface area contributed by atoms with E-state index in [1.807, 2.05) is 17.0 Å². The molecule has 1 aliphatic heterocycles. The molecule has 0 aromatic rings. The number of nitriles is 2. The molecule has 1 fully saturated rings. The van der Waals surface area contributed by atoms with E-state index in [1.54, 1.807) is 0 Å². The highest BCUT2D eigenvalue weighted by Gasteiger charge is 2.23. The summed E-state index contributed by atoms with van der Waals surface area (Å²) in [6.45, 7) is 2.53. The van der Waals surface area contributed by atoms with Crippen molar-refractivity contribution in [3.05, 3.63) is 0 Å². The minimum absolute atomic E-state index is 0.361. The minimum atomic E-state index is 0.361. The lowest BCUT2D eigenvalue weighted by Crippen LogP contribution is -2.57. The molecule has 1 aliphatic rings. The predicted molar refractivity (Wildman–Crippen MR) is 39.5 cm³/mol. The maximum atomic E-state index is 8.41. The number of hydrogen-bond donors (Lipinski definition) is 1. The lowest BCUT2D eigenvalue weighted by molar-refractivity contribution is 0.182. The zero-order valence-electron chi connectivity index (χ0n) is 6.25. The monoisotopic (exact) mass is 150 g/mol. The molecule has 11 heavy (non-hydrogen) atoms. The van der Waals surface area contributed by atoms with Crippen LogP contribution in [0.1, 0.15) is 0 Å². The summed E-state index contributed by atoms with van der Waals surface area (Å²) < 4.78 is 0. The van der Waals surface area contributed by atoms with Crippen molar-refractivity contribution < 1.29 is 0 Å². The second-order valence-electron chi connectivity index (χ2n) is 2.53. The van der Waals surface area contributed by atoms with Crippen molar-refractivity contribution >= 4 is 0 Å². The topological polar surface area (TPSA) is 62.9 Å². The molecule has 0 bridgehead atoms. The van der Waals surface area contributed by atoms with Crippen LogP contribution in [0.25, 0.3) is 0 Å². The smallest absolute Gasteiger partial charge is 0.0877 e. The van der Waals surface area contributed by atoms with Crippen LogP contribution >= 0.6 is 0 Å². The standard InChI is InChI=1S/C7H10N4/c8-1-3-11(4-2-9)7-5-10-6-7/h7,10H,3-6H2. The number of rotatable bonds is 3. The molecule has 0 aromatic heterocycles. The molecule has 58 valence electrons. The van der Waals surface area contributed by atoms with Gasteiger partial charge in [-0.25, -0.2) is 0 Å². The number of hydrogen-bond acceptors (Lipinski definition) is 4. The molecule has 1 rings (SSSR count). The van der Waals surface area contributed by atoms with Gasteiger partial charge >= 0.3 is 0 Å². The van der Waals surface area contributed by atoms with E-state index in [-0.39, 0.29) is 0 Å². The fraction of sp³-hybridized carbons (Fsp3) is 0.714. The van der Waals surface area contributed by atoms with E-state index in [0.717, 1.165) is 13.1 Å². The van der Waals surface area contributed by atoms with Crippen LogP contribution in [0.3, 0.4) is 0 Å². The van der Waals surface area contributed by atoms with Crippen LogP contribution in [-0.4, -0.2) is 37.1 Å². The Labute approximate surface area is 66.0 Å². The van der Waals surface area contributed by atoms with Gasteiger partial charge in [0.15, 0.2) is 0 Å².